The minimum absolute atomic E-state index is 0.548. The highest BCUT2D eigenvalue weighted by molar-refractivity contribution is 5.04. The van der Waals surface area contributed by atoms with Crippen LogP contribution in [0.5, 0.6) is 0 Å². The van der Waals surface area contributed by atoms with Gasteiger partial charge in [-0.3, -0.25) is 0 Å². The van der Waals surface area contributed by atoms with Gasteiger partial charge in [0.15, 0.2) is 0 Å². The van der Waals surface area contributed by atoms with Crippen LogP contribution in [-0.4, -0.2) is 0 Å². The fourth-order valence-electron chi connectivity index (χ4n) is 0.977. The topological polar surface area (TPSA) is 0 Å². The lowest BCUT2D eigenvalue weighted by molar-refractivity contribution is 0.725. The lowest BCUT2D eigenvalue weighted by atomic mass is 10.0. The Labute approximate surface area is 77.4 Å². The van der Waals surface area contributed by atoms with Crippen molar-refractivity contribution < 1.29 is 0 Å². The second-order valence-corrected chi connectivity index (χ2v) is 3.56. The van der Waals surface area contributed by atoms with Crippen molar-refractivity contribution in [1.29, 1.82) is 0 Å². The molecule has 0 aromatic rings. The summed E-state index contributed by atoms with van der Waals surface area (Å²) >= 11 is 0. The predicted molar refractivity (Wildman–Crippen MR) is 57.3 cm³/mol. The fraction of sp³-hybridized carbons (Fsp3) is 0.667. The van der Waals surface area contributed by atoms with Crippen molar-refractivity contribution in [2.45, 2.75) is 46.5 Å². The molecular formula is C12H22. The van der Waals surface area contributed by atoms with Crippen molar-refractivity contribution in [2.75, 3.05) is 0 Å². The number of hydrogen-bond donors (Lipinski definition) is 0. The zero-order chi connectivity index (χ0) is 9.40. The van der Waals surface area contributed by atoms with E-state index in [0.717, 1.165) is 0 Å². The van der Waals surface area contributed by atoms with Crippen molar-refractivity contribution in [1.82, 2.24) is 0 Å². The molecule has 0 saturated carbocycles. The average Bonchev–Trinajstić information content (AvgIpc) is 2.03. The first-order valence-electron chi connectivity index (χ1n) is 5.00. The molecular weight excluding hydrogens is 144 g/mol. The molecule has 0 N–H and O–H groups in total. The van der Waals surface area contributed by atoms with Gasteiger partial charge in [-0.1, -0.05) is 51.0 Å². The summed E-state index contributed by atoms with van der Waals surface area (Å²) in [5, 5.41) is 0. The molecule has 0 aliphatic heterocycles. The molecule has 0 aliphatic carbocycles. The summed E-state index contributed by atoms with van der Waals surface area (Å²) in [6.07, 6.45) is 9.77. The van der Waals surface area contributed by atoms with Gasteiger partial charge in [0.25, 0.3) is 0 Å². The maximum absolute atomic E-state index is 3.92. The van der Waals surface area contributed by atoms with E-state index in [9.17, 15) is 0 Å². The molecule has 12 heavy (non-hydrogen) atoms. The van der Waals surface area contributed by atoms with Crippen molar-refractivity contribution >= 4 is 0 Å². The molecule has 70 valence electrons. The Kier molecular flexibility index (Phi) is 6.84. The third kappa shape index (κ3) is 6.21. The van der Waals surface area contributed by atoms with E-state index in [1.54, 1.807) is 0 Å². The number of hydrogen-bond acceptors (Lipinski definition) is 0. The van der Waals surface area contributed by atoms with E-state index in [1.165, 1.54) is 31.3 Å². The molecule has 0 heterocycles. The van der Waals surface area contributed by atoms with E-state index in [-0.39, 0.29) is 0 Å². The van der Waals surface area contributed by atoms with Gasteiger partial charge in [0.2, 0.25) is 0 Å². The molecule has 0 amide bonds. The van der Waals surface area contributed by atoms with Gasteiger partial charge < -0.3 is 0 Å². The molecule has 0 nitrogen and oxygen atoms in total. The zero-order valence-corrected chi connectivity index (χ0v) is 8.77. The van der Waals surface area contributed by atoms with Crippen LogP contribution >= 0.6 is 0 Å². The molecule has 0 heteroatoms. The minimum Gasteiger partial charge on any atom is -0.0996 e. The standard InChI is InChI=1S/C12H22/c1-5-6-7-8-9-10-12(4)11(2)3/h9-10,12H,2,5-8H2,1,3-4H3. The average molecular weight is 166 g/mol. The highest BCUT2D eigenvalue weighted by Gasteiger charge is 1.94. The molecule has 0 aliphatic rings. The first kappa shape index (κ1) is 11.5. The quantitative estimate of drug-likeness (QED) is 0.407. The van der Waals surface area contributed by atoms with Crippen molar-refractivity contribution in [3.8, 4) is 0 Å². The molecule has 0 saturated heterocycles. The van der Waals surface area contributed by atoms with Gasteiger partial charge in [-0.15, -0.1) is 0 Å². The van der Waals surface area contributed by atoms with E-state index >= 15 is 0 Å². The smallest absolute Gasteiger partial charge is 0.00571 e. The van der Waals surface area contributed by atoms with Gasteiger partial charge in [0.1, 0.15) is 0 Å². The third-order valence-electron chi connectivity index (χ3n) is 2.18. The van der Waals surface area contributed by atoms with Crippen LogP contribution in [0, 0.1) is 5.92 Å². The summed E-state index contributed by atoms with van der Waals surface area (Å²) < 4.78 is 0. The Hall–Kier alpha value is -0.520. The van der Waals surface area contributed by atoms with Gasteiger partial charge in [0.05, 0.1) is 0 Å². The van der Waals surface area contributed by atoms with Crippen LogP contribution in [-0.2, 0) is 0 Å². The molecule has 1 atom stereocenters. The summed E-state index contributed by atoms with van der Waals surface area (Å²) in [5.74, 6) is 0.548. The Balaban J connectivity index is 3.41. The maximum Gasteiger partial charge on any atom is -0.00571 e. The van der Waals surface area contributed by atoms with Gasteiger partial charge in [-0.05, 0) is 25.7 Å². The van der Waals surface area contributed by atoms with Crippen molar-refractivity contribution in [2.24, 2.45) is 5.92 Å². The first-order chi connectivity index (χ1) is 5.68. The predicted octanol–water partition coefficient (Wildman–Crippen LogP) is 4.34. The first-order valence-corrected chi connectivity index (χ1v) is 5.00. The molecule has 1 unspecified atom stereocenters. The van der Waals surface area contributed by atoms with Crippen LogP contribution < -0.4 is 0 Å². The van der Waals surface area contributed by atoms with Crippen LogP contribution in [0.1, 0.15) is 46.5 Å². The lowest BCUT2D eigenvalue weighted by Gasteiger charge is -2.03. The SMILES string of the molecule is C=C(C)C(C)C=CCCCCC. The second-order valence-electron chi connectivity index (χ2n) is 3.56. The highest BCUT2D eigenvalue weighted by atomic mass is 14.0. The molecule has 0 fully saturated rings. The van der Waals surface area contributed by atoms with E-state index in [4.69, 9.17) is 0 Å². The summed E-state index contributed by atoms with van der Waals surface area (Å²) in [6.45, 7) is 10.4. The molecule has 0 aromatic heterocycles. The van der Waals surface area contributed by atoms with E-state index in [1.807, 2.05) is 0 Å². The summed E-state index contributed by atoms with van der Waals surface area (Å²) in [7, 11) is 0. The van der Waals surface area contributed by atoms with Gasteiger partial charge in [-0.2, -0.15) is 0 Å². The van der Waals surface area contributed by atoms with Gasteiger partial charge >= 0.3 is 0 Å². The number of unbranched alkanes of at least 4 members (excludes halogenated alkanes) is 3. The Morgan fingerprint density at radius 1 is 1.42 bits per heavy atom. The molecule has 0 rings (SSSR count). The Bertz CT molecular complexity index is 142. The maximum atomic E-state index is 3.92. The van der Waals surface area contributed by atoms with Crippen molar-refractivity contribution in [3.63, 3.8) is 0 Å². The van der Waals surface area contributed by atoms with Gasteiger partial charge in [-0.25, -0.2) is 0 Å². The number of allylic oxidation sites excluding steroid dienone is 3. The summed E-state index contributed by atoms with van der Waals surface area (Å²) in [4.78, 5) is 0. The lowest BCUT2D eigenvalue weighted by Crippen LogP contribution is -1.88. The minimum atomic E-state index is 0.548. The Morgan fingerprint density at radius 2 is 2.08 bits per heavy atom. The normalized spacial score (nSPS) is 13.6. The summed E-state index contributed by atoms with van der Waals surface area (Å²) in [5.41, 5.74) is 1.25. The Morgan fingerprint density at radius 3 is 2.58 bits per heavy atom. The van der Waals surface area contributed by atoms with Crippen molar-refractivity contribution in [3.05, 3.63) is 24.3 Å². The third-order valence-corrected chi connectivity index (χ3v) is 2.18. The summed E-state index contributed by atoms with van der Waals surface area (Å²) in [6, 6.07) is 0. The van der Waals surface area contributed by atoms with E-state index in [2.05, 4.69) is 39.5 Å². The fourth-order valence-corrected chi connectivity index (χ4v) is 0.977. The van der Waals surface area contributed by atoms with Crippen LogP contribution in [0.4, 0.5) is 0 Å². The van der Waals surface area contributed by atoms with Gasteiger partial charge in [0, 0.05) is 0 Å². The number of rotatable bonds is 6. The zero-order valence-electron chi connectivity index (χ0n) is 8.77. The second kappa shape index (κ2) is 7.15. The molecule has 0 spiro atoms. The molecule has 0 bridgehead atoms. The van der Waals surface area contributed by atoms with Crippen LogP contribution in [0.3, 0.4) is 0 Å². The van der Waals surface area contributed by atoms with Crippen LogP contribution in [0.2, 0.25) is 0 Å². The van der Waals surface area contributed by atoms with Crippen LogP contribution in [0.25, 0.3) is 0 Å². The highest BCUT2D eigenvalue weighted by Crippen LogP contribution is 2.09. The molecule has 0 aromatic carbocycles. The monoisotopic (exact) mass is 166 g/mol. The van der Waals surface area contributed by atoms with E-state index in [0.29, 0.717) is 5.92 Å². The largest absolute Gasteiger partial charge is 0.0996 e. The van der Waals surface area contributed by atoms with Crippen LogP contribution in [0.15, 0.2) is 24.3 Å². The molecule has 0 radical (unpaired) electrons. The van der Waals surface area contributed by atoms with E-state index < -0.39 is 0 Å².